The van der Waals surface area contributed by atoms with E-state index in [2.05, 4.69) is 128 Å². The van der Waals surface area contributed by atoms with Crippen LogP contribution in [-0.4, -0.2) is 8.07 Å². The molecule has 5 aromatic carbocycles. The molecule has 0 atom stereocenters. The minimum absolute atomic E-state index is 1.11. The molecule has 0 radical (unpaired) electrons. The van der Waals surface area contributed by atoms with E-state index in [1.165, 1.54) is 38.2 Å². The van der Waals surface area contributed by atoms with E-state index in [0.717, 1.165) is 11.4 Å². The van der Waals surface area contributed by atoms with Gasteiger partial charge in [-0.3, -0.25) is 0 Å². The highest BCUT2D eigenvalue weighted by molar-refractivity contribution is 7.03. The molecule has 0 saturated heterocycles. The van der Waals surface area contributed by atoms with Gasteiger partial charge >= 0.3 is 0 Å². The lowest BCUT2D eigenvalue weighted by Crippen LogP contribution is -2.49. The van der Waals surface area contributed by atoms with E-state index in [1.54, 1.807) is 5.19 Å². The second-order valence-corrected chi connectivity index (χ2v) is 13.5. The predicted molar refractivity (Wildman–Crippen MR) is 141 cm³/mol. The maximum absolute atomic E-state index is 3.64. The van der Waals surface area contributed by atoms with Crippen molar-refractivity contribution in [3.05, 3.63) is 109 Å². The van der Waals surface area contributed by atoms with E-state index in [4.69, 9.17) is 0 Å². The molecule has 0 saturated carbocycles. The number of benzene rings is 5. The second-order valence-electron chi connectivity index (χ2n) is 9.16. The molecule has 0 bridgehead atoms. The van der Waals surface area contributed by atoms with Crippen LogP contribution >= 0.6 is 0 Å². The van der Waals surface area contributed by atoms with Gasteiger partial charge < -0.3 is 5.32 Å². The molecule has 154 valence electrons. The number of anilines is 2. The van der Waals surface area contributed by atoms with Gasteiger partial charge in [-0.25, -0.2) is 0 Å². The number of nitrogens with one attached hydrogen (secondary N) is 1. The van der Waals surface area contributed by atoms with Gasteiger partial charge in [0.2, 0.25) is 0 Å². The van der Waals surface area contributed by atoms with Crippen molar-refractivity contribution >= 4 is 40.6 Å². The minimum atomic E-state index is -1.65. The fourth-order valence-corrected chi connectivity index (χ4v) is 8.26. The molecule has 1 nitrogen and oxygen atoms in total. The summed E-state index contributed by atoms with van der Waals surface area (Å²) in [6.07, 6.45) is 0. The third kappa shape index (κ3) is 2.99. The molecule has 6 rings (SSSR count). The third-order valence-electron chi connectivity index (χ3n) is 6.86. The summed E-state index contributed by atoms with van der Waals surface area (Å²) in [6, 6.07) is 39.7. The first-order chi connectivity index (χ1) is 15.6. The van der Waals surface area contributed by atoms with Gasteiger partial charge in [0.1, 0.15) is 8.07 Å². The van der Waals surface area contributed by atoms with E-state index < -0.39 is 8.07 Å². The SMILES string of the molecule is C[Si]1(C)c2ccccc2-c2ccc(Nc3ccc(-c4cccc5ccccc45)cc3)cc21. The Labute approximate surface area is 190 Å². The van der Waals surface area contributed by atoms with E-state index in [9.17, 15) is 0 Å². The Bertz CT molecular complexity index is 1460. The van der Waals surface area contributed by atoms with Crippen molar-refractivity contribution in [2.45, 2.75) is 13.1 Å². The Morgan fingerprint density at radius 1 is 0.531 bits per heavy atom. The van der Waals surface area contributed by atoms with Crippen LogP contribution in [0, 0.1) is 0 Å². The summed E-state index contributed by atoms with van der Waals surface area (Å²) in [6.45, 7) is 4.92. The molecule has 0 unspecified atom stereocenters. The molecule has 0 amide bonds. The summed E-state index contributed by atoms with van der Waals surface area (Å²) in [5, 5.41) is 9.28. The Kier molecular flexibility index (Phi) is 4.31. The smallest absolute Gasteiger partial charge is 0.113 e. The van der Waals surface area contributed by atoms with Gasteiger partial charge in [0.25, 0.3) is 0 Å². The highest BCUT2D eigenvalue weighted by Crippen LogP contribution is 2.32. The molecular weight excluding hydrogens is 402 g/mol. The summed E-state index contributed by atoms with van der Waals surface area (Å²) >= 11 is 0. The van der Waals surface area contributed by atoms with Crippen LogP contribution in [0.15, 0.2) is 109 Å². The molecule has 1 heterocycles. The summed E-state index contributed by atoms with van der Waals surface area (Å²) in [7, 11) is -1.65. The standard InChI is InChI=1S/C30H25NSi/c1-32(2)29-13-6-5-11-27(29)28-19-18-24(20-30(28)32)31-23-16-14-22(15-17-23)26-12-7-9-21-8-3-4-10-25(21)26/h3-20,31H,1-2H3. The summed E-state index contributed by atoms with van der Waals surface area (Å²) in [5.74, 6) is 0. The first-order valence-electron chi connectivity index (χ1n) is 11.2. The Morgan fingerprint density at radius 3 is 2.06 bits per heavy atom. The Balaban J connectivity index is 1.31. The van der Waals surface area contributed by atoms with Crippen molar-refractivity contribution in [3.63, 3.8) is 0 Å². The number of hydrogen-bond acceptors (Lipinski definition) is 1. The van der Waals surface area contributed by atoms with Gasteiger partial charge in [-0.1, -0.05) is 98.0 Å². The Morgan fingerprint density at radius 2 is 1.19 bits per heavy atom. The van der Waals surface area contributed by atoms with Crippen LogP contribution < -0.4 is 15.7 Å². The van der Waals surface area contributed by atoms with Gasteiger partial charge in [0.05, 0.1) is 0 Å². The topological polar surface area (TPSA) is 12.0 Å². The van der Waals surface area contributed by atoms with Gasteiger partial charge in [0, 0.05) is 11.4 Å². The third-order valence-corrected chi connectivity index (χ3v) is 10.4. The lowest BCUT2D eigenvalue weighted by atomic mass is 9.98. The molecular formula is C30H25NSi. The van der Waals surface area contributed by atoms with E-state index in [-0.39, 0.29) is 0 Å². The molecule has 0 fully saturated rings. The largest absolute Gasteiger partial charge is 0.356 e. The van der Waals surface area contributed by atoms with Gasteiger partial charge in [-0.15, -0.1) is 0 Å². The fourth-order valence-electron chi connectivity index (χ4n) is 5.16. The van der Waals surface area contributed by atoms with E-state index in [1.807, 2.05) is 0 Å². The van der Waals surface area contributed by atoms with E-state index in [0.29, 0.717) is 0 Å². The van der Waals surface area contributed by atoms with Gasteiger partial charge in [-0.2, -0.15) is 0 Å². The number of rotatable bonds is 3. The van der Waals surface area contributed by atoms with E-state index >= 15 is 0 Å². The highest BCUT2D eigenvalue weighted by atomic mass is 28.3. The average molecular weight is 428 g/mol. The van der Waals surface area contributed by atoms with Crippen molar-refractivity contribution in [1.29, 1.82) is 0 Å². The highest BCUT2D eigenvalue weighted by Gasteiger charge is 2.37. The van der Waals surface area contributed by atoms with Crippen molar-refractivity contribution in [2.75, 3.05) is 5.32 Å². The van der Waals surface area contributed by atoms with Crippen LogP contribution in [0.1, 0.15) is 0 Å². The van der Waals surface area contributed by atoms with Crippen LogP contribution in [0.4, 0.5) is 11.4 Å². The average Bonchev–Trinajstić information content (AvgIpc) is 3.06. The Hall–Kier alpha value is -3.62. The van der Waals surface area contributed by atoms with Gasteiger partial charge in [0.15, 0.2) is 0 Å². The number of hydrogen-bond donors (Lipinski definition) is 1. The maximum atomic E-state index is 3.64. The maximum Gasteiger partial charge on any atom is 0.113 e. The molecule has 1 aliphatic rings. The van der Waals surface area contributed by atoms with Crippen LogP contribution in [0.5, 0.6) is 0 Å². The summed E-state index contributed by atoms with van der Waals surface area (Å²) < 4.78 is 0. The van der Waals surface area contributed by atoms with Crippen molar-refractivity contribution < 1.29 is 0 Å². The van der Waals surface area contributed by atoms with Crippen molar-refractivity contribution in [2.24, 2.45) is 0 Å². The normalized spacial score (nSPS) is 13.6. The molecule has 5 aromatic rings. The fraction of sp³-hybridized carbons (Fsp3) is 0.0667. The lowest BCUT2D eigenvalue weighted by molar-refractivity contribution is 1.55. The molecule has 1 aliphatic heterocycles. The van der Waals surface area contributed by atoms with Crippen LogP contribution in [-0.2, 0) is 0 Å². The van der Waals surface area contributed by atoms with Crippen LogP contribution in [0.2, 0.25) is 13.1 Å². The first-order valence-corrected chi connectivity index (χ1v) is 14.2. The molecule has 2 heteroatoms. The predicted octanol–water partition coefficient (Wildman–Crippen LogP) is 7.05. The molecule has 0 aromatic heterocycles. The zero-order valence-corrected chi connectivity index (χ0v) is 19.4. The van der Waals surface area contributed by atoms with Crippen molar-refractivity contribution in [3.8, 4) is 22.3 Å². The lowest BCUT2D eigenvalue weighted by Gasteiger charge is -2.19. The molecule has 32 heavy (non-hydrogen) atoms. The summed E-state index contributed by atoms with van der Waals surface area (Å²) in [5.41, 5.74) is 7.63. The monoisotopic (exact) mass is 427 g/mol. The van der Waals surface area contributed by atoms with Crippen molar-refractivity contribution in [1.82, 2.24) is 0 Å². The molecule has 0 spiro atoms. The summed E-state index contributed by atoms with van der Waals surface area (Å²) in [4.78, 5) is 0. The zero-order chi connectivity index (χ0) is 21.7. The number of fused-ring (bicyclic) bond motifs is 4. The van der Waals surface area contributed by atoms with Gasteiger partial charge in [-0.05, 0) is 67.7 Å². The molecule has 1 N–H and O–H groups in total. The van der Waals surface area contributed by atoms with Crippen LogP contribution in [0.25, 0.3) is 33.0 Å². The first kappa shape index (κ1) is 19.1. The molecule has 0 aliphatic carbocycles. The second kappa shape index (κ2) is 7.22. The van der Waals surface area contributed by atoms with Crippen LogP contribution in [0.3, 0.4) is 0 Å². The minimum Gasteiger partial charge on any atom is -0.356 e. The quantitative estimate of drug-likeness (QED) is 0.304. The zero-order valence-electron chi connectivity index (χ0n) is 18.4.